The smallest absolute Gasteiger partial charge is 0.263 e. The van der Waals surface area contributed by atoms with Gasteiger partial charge in [0.1, 0.15) is 5.00 Å². The molecule has 0 saturated heterocycles. The van der Waals surface area contributed by atoms with Gasteiger partial charge < -0.3 is 20.4 Å². The number of hydrogen-bond acceptors (Lipinski definition) is 7. The molecule has 0 aromatic carbocycles. The first-order valence-corrected chi connectivity index (χ1v) is 11.8. The molecule has 3 aliphatic heterocycles. The lowest BCUT2D eigenvalue weighted by atomic mass is 10.1. The van der Waals surface area contributed by atoms with E-state index in [4.69, 9.17) is 9.98 Å². The number of rotatable bonds is 4. The standard InChI is InChI=1S/C23H28N8OS/c1-14-8-19(33-20(14)23(32)29(2)3)28-21-22-25-11-18(16-10-26-30(4)12-16)31(22)13-17(27-21)15-6-5-7-24-9-15/h6,8,10,12-13,18,24H,5,7,9,11H2,1-4H3,(H,27,28). The van der Waals surface area contributed by atoms with Gasteiger partial charge in [-0.05, 0) is 37.1 Å². The van der Waals surface area contributed by atoms with Crippen molar-refractivity contribution >= 4 is 33.9 Å². The Morgan fingerprint density at radius 1 is 1.36 bits per heavy atom. The van der Waals surface area contributed by atoms with E-state index in [2.05, 4.69) is 32.9 Å². The molecule has 0 aliphatic carbocycles. The van der Waals surface area contributed by atoms with Crippen LogP contribution in [-0.4, -0.2) is 70.9 Å². The van der Waals surface area contributed by atoms with Crippen molar-refractivity contribution in [3.05, 3.63) is 58.0 Å². The highest BCUT2D eigenvalue weighted by molar-refractivity contribution is 7.17. The highest BCUT2D eigenvalue weighted by atomic mass is 32.1. The lowest BCUT2D eigenvalue weighted by molar-refractivity contribution is 0.0831. The largest absolute Gasteiger partial charge is 0.344 e. The lowest BCUT2D eigenvalue weighted by Crippen LogP contribution is -2.45. The van der Waals surface area contributed by atoms with Gasteiger partial charge >= 0.3 is 0 Å². The molecule has 0 saturated carbocycles. The van der Waals surface area contributed by atoms with Crippen LogP contribution in [0.5, 0.6) is 0 Å². The summed E-state index contributed by atoms with van der Waals surface area (Å²) in [6.07, 6.45) is 9.35. The predicted molar refractivity (Wildman–Crippen MR) is 131 cm³/mol. The Hall–Kier alpha value is -3.24. The van der Waals surface area contributed by atoms with Gasteiger partial charge in [0.25, 0.3) is 5.91 Å². The van der Waals surface area contributed by atoms with Gasteiger partial charge in [-0.25, -0.2) is 4.99 Å². The molecule has 10 heteroatoms. The van der Waals surface area contributed by atoms with E-state index in [1.807, 2.05) is 37.1 Å². The third kappa shape index (κ3) is 4.11. The molecule has 2 N–H and O–H groups in total. The SMILES string of the molecule is Cc1cc(N=C2NC(C3=CCCNC3)=CN3C2=NCC3c2cnn(C)c2)sc1C(=O)N(C)C. The number of fused-ring (bicyclic) bond motifs is 1. The van der Waals surface area contributed by atoms with Crippen molar-refractivity contribution in [3.8, 4) is 0 Å². The Balaban J connectivity index is 1.53. The fourth-order valence-electron chi connectivity index (χ4n) is 4.21. The normalized spacial score (nSPS) is 21.3. The van der Waals surface area contributed by atoms with Gasteiger partial charge in [-0.1, -0.05) is 6.08 Å². The molecule has 1 unspecified atom stereocenters. The summed E-state index contributed by atoms with van der Waals surface area (Å²) in [5.74, 6) is 1.51. The van der Waals surface area contributed by atoms with E-state index < -0.39 is 0 Å². The topological polar surface area (TPSA) is 90.1 Å². The number of aryl methyl sites for hydroxylation is 2. The molecule has 1 amide bonds. The minimum absolute atomic E-state index is 0.00366. The molecule has 2 aromatic heterocycles. The summed E-state index contributed by atoms with van der Waals surface area (Å²) >= 11 is 1.41. The van der Waals surface area contributed by atoms with Crippen molar-refractivity contribution in [2.45, 2.75) is 19.4 Å². The molecule has 5 heterocycles. The molecular weight excluding hydrogens is 436 g/mol. The fourth-order valence-corrected chi connectivity index (χ4v) is 5.28. The van der Waals surface area contributed by atoms with Gasteiger partial charge in [0, 0.05) is 45.6 Å². The highest BCUT2D eigenvalue weighted by Gasteiger charge is 2.36. The van der Waals surface area contributed by atoms with Crippen molar-refractivity contribution in [2.24, 2.45) is 17.0 Å². The first-order valence-electron chi connectivity index (χ1n) is 11.0. The number of nitrogens with zero attached hydrogens (tertiary/aromatic N) is 6. The maximum Gasteiger partial charge on any atom is 0.263 e. The lowest BCUT2D eigenvalue weighted by Gasteiger charge is -2.32. The van der Waals surface area contributed by atoms with Gasteiger partial charge in [-0.15, -0.1) is 11.3 Å². The van der Waals surface area contributed by atoms with Gasteiger partial charge in [0.15, 0.2) is 11.7 Å². The maximum atomic E-state index is 12.5. The number of aromatic nitrogens is 2. The number of hydrogen-bond donors (Lipinski definition) is 2. The van der Waals surface area contributed by atoms with E-state index in [0.29, 0.717) is 17.3 Å². The minimum atomic E-state index is -0.00366. The number of aliphatic imine (C=N–C) groups is 2. The summed E-state index contributed by atoms with van der Waals surface area (Å²) < 4.78 is 1.82. The number of nitrogens with one attached hydrogen (secondary N) is 2. The number of carbonyl (C=O) groups excluding carboxylic acids is 1. The predicted octanol–water partition coefficient (Wildman–Crippen LogP) is 2.34. The number of amidine groups is 2. The van der Waals surface area contributed by atoms with Crippen LogP contribution in [0.3, 0.4) is 0 Å². The minimum Gasteiger partial charge on any atom is -0.344 e. The van der Waals surface area contributed by atoms with Crippen LogP contribution in [0.4, 0.5) is 5.00 Å². The van der Waals surface area contributed by atoms with Gasteiger partial charge in [0.05, 0.1) is 29.4 Å². The zero-order valence-electron chi connectivity index (χ0n) is 19.3. The van der Waals surface area contributed by atoms with Gasteiger partial charge in [0.2, 0.25) is 0 Å². The van der Waals surface area contributed by atoms with Crippen LogP contribution in [0.15, 0.2) is 52.0 Å². The molecule has 0 spiro atoms. The van der Waals surface area contributed by atoms with E-state index in [1.165, 1.54) is 16.9 Å². The molecule has 0 bridgehead atoms. The number of carbonyl (C=O) groups is 1. The number of amides is 1. The van der Waals surface area contributed by atoms with Crippen molar-refractivity contribution in [2.75, 3.05) is 33.7 Å². The van der Waals surface area contributed by atoms with Crippen LogP contribution < -0.4 is 10.6 Å². The third-order valence-electron chi connectivity index (χ3n) is 5.94. The Morgan fingerprint density at radius 3 is 2.91 bits per heavy atom. The summed E-state index contributed by atoms with van der Waals surface area (Å²) in [5.41, 5.74) is 4.29. The second-order valence-corrected chi connectivity index (χ2v) is 9.68. The maximum absolute atomic E-state index is 12.5. The first-order chi connectivity index (χ1) is 15.9. The third-order valence-corrected chi connectivity index (χ3v) is 7.06. The van der Waals surface area contributed by atoms with E-state index in [-0.39, 0.29) is 11.9 Å². The summed E-state index contributed by atoms with van der Waals surface area (Å²) in [6.45, 7) is 4.39. The summed E-state index contributed by atoms with van der Waals surface area (Å²) in [5, 5.41) is 12.1. The van der Waals surface area contributed by atoms with E-state index in [0.717, 1.165) is 47.2 Å². The Bertz CT molecular complexity index is 1210. The zero-order chi connectivity index (χ0) is 23.1. The Kier molecular flexibility index (Phi) is 5.63. The van der Waals surface area contributed by atoms with Crippen LogP contribution in [0.1, 0.15) is 33.3 Å². The van der Waals surface area contributed by atoms with E-state index in [9.17, 15) is 4.79 Å². The molecule has 0 fully saturated rings. The average Bonchev–Trinajstić information content (AvgIpc) is 3.52. The summed E-state index contributed by atoms with van der Waals surface area (Å²) in [7, 11) is 5.46. The van der Waals surface area contributed by atoms with Crippen LogP contribution >= 0.6 is 11.3 Å². The van der Waals surface area contributed by atoms with Crippen LogP contribution in [0.2, 0.25) is 0 Å². The van der Waals surface area contributed by atoms with Gasteiger partial charge in [-0.2, -0.15) is 5.10 Å². The Labute approximate surface area is 197 Å². The molecule has 0 radical (unpaired) electrons. The molecule has 2 aromatic rings. The van der Waals surface area contributed by atoms with Crippen molar-refractivity contribution in [3.63, 3.8) is 0 Å². The van der Waals surface area contributed by atoms with Crippen molar-refractivity contribution in [1.29, 1.82) is 0 Å². The first kappa shape index (κ1) is 21.6. The second kappa shape index (κ2) is 8.60. The van der Waals surface area contributed by atoms with Crippen LogP contribution in [-0.2, 0) is 7.05 Å². The molecule has 172 valence electrons. The average molecular weight is 465 g/mol. The quantitative estimate of drug-likeness (QED) is 0.725. The summed E-state index contributed by atoms with van der Waals surface area (Å²) in [4.78, 5) is 26.8. The van der Waals surface area contributed by atoms with Gasteiger partial charge in [-0.3, -0.25) is 14.5 Å². The molecule has 9 nitrogen and oxygen atoms in total. The molecule has 5 rings (SSSR count). The zero-order valence-corrected chi connectivity index (χ0v) is 20.1. The Morgan fingerprint density at radius 2 is 2.21 bits per heavy atom. The highest BCUT2D eigenvalue weighted by Crippen LogP contribution is 2.34. The number of thiophene rings is 1. The molecular formula is C23H28N8OS. The van der Waals surface area contributed by atoms with Crippen molar-refractivity contribution < 1.29 is 4.79 Å². The van der Waals surface area contributed by atoms with Crippen LogP contribution in [0, 0.1) is 6.92 Å². The second-order valence-electron chi connectivity index (χ2n) is 8.65. The summed E-state index contributed by atoms with van der Waals surface area (Å²) in [6, 6.07) is 2.04. The van der Waals surface area contributed by atoms with Crippen LogP contribution in [0.25, 0.3) is 0 Å². The van der Waals surface area contributed by atoms with Crippen molar-refractivity contribution in [1.82, 2.24) is 30.2 Å². The molecule has 3 aliphatic rings. The monoisotopic (exact) mass is 464 g/mol. The molecule has 33 heavy (non-hydrogen) atoms. The fraction of sp³-hybridized carbons (Fsp3) is 0.391. The molecule has 1 atom stereocenters. The van der Waals surface area contributed by atoms with E-state index in [1.54, 1.807) is 19.0 Å². The van der Waals surface area contributed by atoms with E-state index >= 15 is 0 Å².